The number of carbonyl (C=O) groups excluding carboxylic acids is 3. The van der Waals surface area contributed by atoms with Crippen LogP contribution in [0, 0.1) is 0 Å². The molecule has 0 saturated carbocycles. The van der Waals surface area contributed by atoms with Gasteiger partial charge in [0.2, 0.25) is 10.0 Å². The maximum absolute atomic E-state index is 14.1. The van der Waals surface area contributed by atoms with E-state index in [-0.39, 0.29) is 42.4 Å². The van der Waals surface area contributed by atoms with Crippen LogP contribution in [0.25, 0.3) is 0 Å². The smallest absolute Gasteiger partial charge is 0.410 e. The van der Waals surface area contributed by atoms with Gasteiger partial charge in [-0.05, 0) is 81.1 Å². The van der Waals surface area contributed by atoms with E-state index in [0.29, 0.717) is 5.75 Å². The fourth-order valence-electron chi connectivity index (χ4n) is 5.63. The molecule has 3 amide bonds. The molecule has 0 saturated heterocycles. The Balaban J connectivity index is 1.68. The lowest BCUT2D eigenvalue weighted by atomic mass is 9.99. The zero-order valence-electron chi connectivity index (χ0n) is 31.8. The number of anilines is 1. The largest absolute Gasteiger partial charge is 0.497 e. The van der Waals surface area contributed by atoms with Gasteiger partial charge in [-0.15, -0.1) is 0 Å². The maximum Gasteiger partial charge on any atom is 0.410 e. The van der Waals surface area contributed by atoms with Gasteiger partial charge < -0.3 is 30.1 Å². The first-order chi connectivity index (χ1) is 25.4. The van der Waals surface area contributed by atoms with Crippen molar-refractivity contribution in [2.24, 2.45) is 0 Å². The van der Waals surface area contributed by atoms with E-state index in [0.717, 1.165) is 27.3 Å². The molecule has 4 rings (SSSR count). The molecule has 0 spiro atoms. The summed E-state index contributed by atoms with van der Waals surface area (Å²) in [6.07, 6.45) is -0.764. The topological polar surface area (TPSA) is 155 Å². The Labute approximate surface area is 318 Å². The van der Waals surface area contributed by atoms with Crippen molar-refractivity contribution in [2.75, 3.05) is 31.3 Å². The van der Waals surface area contributed by atoms with E-state index < -0.39 is 45.7 Å². The number of rotatable bonds is 15. The number of amides is 3. The average molecular weight is 759 g/mol. The molecule has 0 radical (unpaired) electrons. The summed E-state index contributed by atoms with van der Waals surface area (Å²) >= 11 is 0. The molecule has 13 heteroatoms. The van der Waals surface area contributed by atoms with E-state index in [1.807, 2.05) is 73.7 Å². The molecule has 4 aromatic rings. The Hall–Kier alpha value is -5.40. The van der Waals surface area contributed by atoms with Crippen LogP contribution in [0.2, 0.25) is 0 Å². The molecule has 0 unspecified atom stereocenters. The molecule has 0 aliphatic rings. The summed E-state index contributed by atoms with van der Waals surface area (Å²) < 4.78 is 37.2. The molecule has 0 aliphatic carbocycles. The number of hydrogen-bond donors (Lipinski definition) is 3. The Kier molecular flexibility index (Phi) is 13.9. The van der Waals surface area contributed by atoms with Crippen molar-refractivity contribution in [1.29, 1.82) is 0 Å². The molecular weight excluding hydrogens is 709 g/mol. The molecule has 0 bridgehead atoms. The van der Waals surface area contributed by atoms with Crippen molar-refractivity contribution in [3.8, 4) is 5.75 Å². The number of carbonyl (C=O) groups is 3. The first-order valence-corrected chi connectivity index (χ1v) is 19.4. The summed E-state index contributed by atoms with van der Waals surface area (Å²) in [4.78, 5) is 42.6. The highest BCUT2D eigenvalue weighted by Gasteiger charge is 2.30. The molecule has 12 nitrogen and oxygen atoms in total. The minimum Gasteiger partial charge on any atom is -0.497 e. The van der Waals surface area contributed by atoms with E-state index in [4.69, 9.17) is 9.47 Å². The molecule has 0 aliphatic heterocycles. The Morgan fingerprint density at radius 2 is 1.39 bits per heavy atom. The van der Waals surface area contributed by atoms with Crippen LogP contribution in [0.3, 0.4) is 0 Å². The van der Waals surface area contributed by atoms with Gasteiger partial charge in [0.15, 0.2) is 0 Å². The van der Waals surface area contributed by atoms with E-state index in [9.17, 15) is 27.9 Å². The second kappa shape index (κ2) is 18.1. The van der Waals surface area contributed by atoms with Crippen LogP contribution in [-0.4, -0.2) is 81.0 Å². The van der Waals surface area contributed by atoms with Gasteiger partial charge in [0, 0.05) is 24.7 Å². The van der Waals surface area contributed by atoms with Gasteiger partial charge in [0.05, 0.1) is 43.8 Å². The molecule has 3 N–H and O–H groups in total. The van der Waals surface area contributed by atoms with E-state index in [2.05, 4.69) is 10.6 Å². The third kappa shape index (κ3) is 12.1. The molecule has 54 heavy (non-hydrogen) atoms. The highest BCUT2D eigenvalue weighted by molar-refractivity contribution is 7.92. The summed E-state index contributed by atoms with van der Waals surface area (Å²) in [5, 5.41) is 17.6. The highest BCUT2D eigenvalue weighted by atomic mass is 32.2. The number of aliphatic hydroxyl groups is 1. The number of ether oxygens (including phenoxy) is 2. The molecule has 0 fully saturated rings. The van der Waals surface area contributed by atoms with Crippen molar-refractivity contribution in [3.05, 3.63) is 131 Å². The number of benzene rings is 4. The number of nitrogens with zero attached hydrogens (tertiary/aromatic N) is 2. The van der Waals surface area contributed by atoms with Gasteiger partial charge in [0.25, 0.3) is 11.8 Å². The van der Waals surface area contributed by atoms with Crippen LogP contribution in [0.1, 0.15) is 71.1 Å². The van der Waals surface area contributed by atoms with E-state index >= 15 is 0 Å². The second-order valence-corrected chi connectivity index (χ2v) is 16.2. The minimum atomic E-state index is -3.78. The molecular formula is C41H50N4O8S. The lowest BCUT2D eigenvalue weighted by Gasteiger charge is -2.32. The molecule has 3 atom stereocenters. The van der Waals surface area contributed by atoms with Gasteiger partial charge in [-0.25, -0.2) is 13.2 Å². The third-order valence-electron chi connectivity index (χ3n) is 8.60. The van der Waals surface area contributed by atoms with Crippen LogP contribution in [-0.2, 0) is 27.7 Å². The fourth-order valence-corrected chi connectivity index (χ4v) is 6.12. The van der Waals surface area contributed by atoms with Crippen LogP contribution >= 0.6 is 0 Å². The minimum absolute atomic E-state index is 0.00819. The van der Waals surface area contributed by atoms with Crippen LogP contribution in [0.5, 0.6) is 5.75 Å². The number of aliphatic hydroxyl groups excluding tert-OH is 1. The van der Waals surface area contributed by atoms with E-state index in [1.54, 1.807) is 46.1 Å². The van der Waals surface area contributed by atoms with Crippen LogP contribution in [0.4, 0.5) is 10.5 Å². The van der Waals surface area contributed by atoms with Gasteiger partial charge in [-0.2, -0.15) is 0 Å². The van der Waals surface area contributed by atoms with Crippen LogP contribution in [0.15, 0.2) is 103 Å². The summed E-state index contributed by atoms with van der Waals surface area (Å²) in [6.45, 7) is 6.92. The first-order valence-electron chi connectivity index (χ1n) is 17.5. The number of sulfonamides is 1. The van der Waals surface area contributed by atoms with Crippen molar-refractivity contribution in [2.45, 2.75) is 64.4 Å². The summed E-state index contributed by atoms with van der Waals surface area (Å²) in [5.41, 5.74) is 1.72. The van der Waals surface area contributed by atoms with Crippen molar-refractivity contribution in [3.63, 3.8) is 0 Å². The molecule has 0 heterocycles. The van der Waals surface area contributed by atoms with Gasteiger partial charge in [-0.1, -0.05) is 72.8 Å². The fraction of sp³-hybridized carbons (Fsp3) is 0.341. The van der Waals surface area contributed by atoms with Gasteiger partial charge in [0.1, 0.15) is 11.4 Å². The third-order valence-corrected chi connectivity index (χ3v) is 9.80. The van der Waals surface area contributed by atoms with E-state index in [1.165, 1.54) is 30.1 Å². The summed E-state index contributed by atoms with van der Waals surface area (Å²) in [7, 11) is -0.904. The standard InChI is InChI=1S/C41H50N4O8S/c1-28(31-18-12-9-13-19-31)42-38(47)32-23-33(25-34(24-32)44(5)54(7,50)51)39(48)43-36(22-29-15-10-8-11-16-29)37(46)27-45(40(49)53-41(2,3)4)26-30-17-14-20-35(21-30)52-6/h8-21,23-25,28,36-37,46H,22,26-27H2,1-7H3,(H,42,47)(H,43,48)/t28-,36+,37-/m1/s1. The maximum atomic E-state index is 14.1. The molecule has 288 valence electrons. The normalized spacial score (nSPS) is 13.2. The van der Waals surface area contributed by atoms with Gasteiger partial charge >= 0.3 is 6.09 Å². The van der Waals surface area contributed by atoms with Crippen molar-refractivity contribution >= 4 is 33.6 Å². The lowest BCUT2D eigenvalue weighted by molar-refractivity contribution is 0.00836. The monoisotopic (exact) mass is 758 g/mol. The number of hydrogen-bond acceptors (Lipinski definition) is 8. The highest BCUT2D eigenvalue weighted by Crippen LogP contribution is 2.23. The van der Waals surface area contributed by atoms with Crippen molar-refractivity contribution < 1.29 is 37.4 Å². The quantitative estimate of drug-likeness (QED) is 0.139. The zero-order valence-corrected chi connectivity index (χ0v) is 32.6. The van der Waals surface area contributed by atoms with Crippen LogP contribution < -0.4 is 19.7 Å². The number of methoxy groups -OCH3 is 1. The Morgan fingerprint density at radius 3 is 1.96 bits per heavy atom. The summed E-state index contributed by atoms with van der Waals surface area (Å²) in [5.74, 6) is -0.589. The SMILES string of the molecule is COc1cccc(CN(C[C@@H](O)[C@H](Cc2ccccc2)NC(=O)c2cc(C(=O)N[C@H](C)c3ccccc3)cc(N(C)S(C)(=O)=O)c2)C(=O)OC(C)(C)C)c1. The Bertz CT molecular complexity index is 2000. The predicted octanol–water partition coefficient (Wildman–Crippen LogP) is 5.72. The lowest BCUT2D eigenvalue weighted by Crippen LogP contribution is -2.51. The second-order valence-electron chi connectivity index (χ2n) is 14.2. The number of nitrogens with one attached hydrogen (secondary N) is 2. The average Bonchev–Trinajstić information content (AvgIpc) is 3.13. The Morgan fingerprint density at radius 1 is 0.815 bits per heavy atom. The van der Waals surface area contributed by atoms with Crippen molar-refractivity contribution in [1.82, 2.24) is 15.5 Å². The predicted molar refractivity (Wildman–Crippen MR) is 209 cm³/mol. The first kappa shape index (κ1) is 41.4. The van der Waals surface area contributed by atoms with Gasteiger partial charge in [-0.3, -0.25) is 13.9 Å². The zero-order chi connectivity index (χ0) is 39.6. The summed E-state index contributed by atoms with van der Waals surface area (Å²) in [6, 6.07) is 28.5. The molecule has 4 aromatic carbocycles. The molecule has 0 aromatic heterocycles.